The SMILES string of the molecule is CCNCc1cnc(C2CCOC2)nc1. The predicted octanol–water partition coefficient (Wildman–Crippen LogP) is 1.09. The van der Waals surface area contributed by atoms with E-state index in [1.165, 1.54) is 0 Å². The van der Waals surface area contributed by atoms with E-state index in [0.717, 1.165) is 44.1 Å². The first-order chi connectivity index (χ1) is 7.40. The van der Waals surface area contributed by atoms with Crippen molar-refractivity contribution in [3.8, 4) is 0 Å². The second kappa shape index (κ2) is 5.19. The number of ether oxygens (including phenoxy) is 1. The van der Waals surface area contributed by atoms with Crippen molar-refractivity contribution in [2.75, 3.05) is 19.8 Å². The number of rotatable bonds is 4. The highest BCUT2D eigenvalue weighted by atomic mass is 16.5. The summed E-state index contributed by atoms with van der Waals surface area (Å²) >= 11 is 0. The molecular weight excluding hydrogens is 190 g/mol. The van der Waals surface area contributed by atoms with E-state index >= 15 is 0 Å². The maximum Gasteiger partial charge on any atom is 0.133 e. The van der Waals surface area contributed by atoms with Crippen LogP contribution in [0.3, 0.4) is 0 Å². The molecule has 1 fully saturated rings. The molecule has 15 heavy (non-hydrogen) atoms. The van der Waals surface area contributed by atoms with Crippen molar-refractivity contribution in [3.63, 3.8) is 0 Å². The van der Waals surface area contributed by atoms with E-state index in [0.29, 0.717) is 5.92 Å². The van der Waals surface area contributed by atoms with Crippen molar-refractivity contribution in [3.05, 3.63) is 23.8 Å². The normalized spacial score (nSPS) is 20.7. The van der Waals surface area contributed by atoms with Crippen LogP contribution in [0, 0.1) is 0 Å². The zero-order chi connectivity index (χ0) is 10.5. The van der Waals surface area contributed by atoms with Crippen LogP contribution < -0.4 is 5.32 Å². The summed E-state index contributed by atoms with van der Waals surface area (Å²) in [4.78, 5) is 8.76. The Morgan fingerprint density at radius 3 is 2.87 bits per heavy atom. The topological polar surface area (TPSA) is 47.0 Å². The summed E-state index contributed by atoms with van der Waals surface area (Å²) in [5, 5.41) is 3.25. The van der Waals surface area contributed by atoms with Gasteiger partial charge in [0.25, 0.3) is 0 Å². The van der Waals surface area contributed by atoms with Crippen LogP contribution in [0.25, 0.3) is 0 Å². The molecule has 1 atom stereocenters. The Morgan fingerprint density at radius 1 is 1.47 bits per heavy atom. The van der Waals surface area contributed by atoms with Crippen LogP contribution >= 0.6 is 0 Å². The molecule has 2 rings (SSSR count). The van der Waals surface area contributed by atoms with E-state index < -0.39 is 0 Å². The minimum absolute atomic E-state index is 0.401. The molecule has 1 aliphatic rings. The summed E-state index contributed by atoms with van der Waals surface area (Å²) in [6, 6.07) is 0. The van der Waals surface area contributed by atoms with Crippen LogP contribution in [-0.4, -0.2) is 29.7 Å². The lowest BCUT2D eigenvalue weighted by atomic mass is 10.1. The smallest absolute Gasteiger partial charge is 0.133 e. The first kappa shape index (κ1) is 10.5. The van der Waals surface area contributed by atoms with Gasteiger partial charge in [0.15, 0.2) is 0 Å². The second-order valence-corrected chi connectivity index (χ2v) is 3.79. The van der Waals surface area contributed by atoms with Gasteiger partial charge in [-0.3, -0.25) is 0 Å². The first-order valence-electron chi connectivity index (χ1n) is 5.49. The number of nitrogens with one attached hydrogen (secondary N) is 1. The molecule has 2 heterocycles. The molecule has 0 saturated carbocycles. The predicted molar refractivity (Wildman–Crippen MR) is 57.6 cm³/mol. The van der Waals surface area contributed by atoms with Crippen molar-refractivity contribution in [1.29, 1.82) is 0 Å². The molecule has 82 valence electrons. The summed E-state index contributed by atoms with van der Waals surface area (Å²) in [6.45, 7) is 5.51. The van der Waals surface area contributed by atoms with Gasteiger partial charge in [0.2, 0.25) is 0 Å². The average Bonchev–Trinajstić information content (AvgIpc) is 2.80. The fraction of sp³-hybridized carbons (Fsp3) is 0.636. The number of aromatic nitrogens is 2. The summed E-state index contributed by atoms with van der Waals surface area (Å²) in [6.07, 6.45) is 4.86. The quantitative estimate of drug-likeness (QED) is 0.803. The molecular formula is C11H17N3O. The molecule has 1 aromatic heterocycles. The molecule has 4 nitrogen and oxygen atoms in total. The Hall–Kier alpha value is -1.00. The lowest BCUT2D eigenvalue weighted by Gasteiger charge is -2.06. The Morgan fingerprint density at radius 2 is 2.27 bits per heavy atom. The first-order valence-corrected chi connectivity index (χ1v) is 5.49. The maximum absolute atomic E-state index is 5.31. The van der Waals surface area contributed by atoms with E-state index in [4.69, 9.17) is 4.74 Å². The minimum atomic E-state index is 0.401. The van der Waals surface area contributed by atoms with E-state index in [1.807, 2.05) is 12.4 Å². The van der Waals surface area contributed by atoms with Crippen LogP contribution in [0.15, 0.2) is 12.4 Å². The van der Waals surface area contributed by atoms with Gasteiger partial charge in [-0.05, 0) is 13.0 Å². The third kappa shape index (κ3) is 2.73. The molecule has 1 saturated heterocycles. The third-order valence-corrected chi connectivity index (χ3v) is 2.60. The van der Waals surface area contributed by atoms with Crippen molar-refractivity contribution in [1.82, 2.24) is 15.3 Å². The van der Waals surface area contributed by atoms with Crippen molar-refractivity contribution in [2.45, 2.75) is 25.8 Å². The molecule has 0 bridgehead atoms. The van der Waals surface area contributed by atoms with Gasteiger partial charge in [-0.15, -0.1) is 0 Å². The van der Waals surface area contributed by atoms with Crippen molar-refractivity contribution in [2.24, 2.45) is 0 Å². The highest BCUT2D eigenvalue weighted by Crippen LogP contribution is 2.21. The Labute approximate surface area is 90.1 Å². The van der Waals surface area contributed by atoms with E-state index in [-0.39, 0.29) is 0 Å². The largest absolute Gasteiger partial charge is 0.381 e. The van der Waals surface area contributed by atoms with Gasteiger partial charge in [-0.1, -0.05) is 6.92 Å². The van der Waals surface area contributed by atoms with Crippen LogP contribution in [0.5, 0.6) is 0 Å². The molecule has 1 aromatic rings. The number of nitrogens with zero attached hydrogens (tertiary/aromatic N) is 2. The van der Waals surface area contributed by atoms with Gasteiger partial charge < -0.3 is 10.1 Å². The van der Waals surface area contributed by atoms with Crippen LogP contribution in [0.1, 0.15) is 30.7 Å². The zero-order valence-corrected chi connectivity index (χ0v) is 9.07. The highest BCUT2D eigenvalue weighted by Gasteiger charge is 2.19. The molecule has 4 heteroatoms. The number of hydrogen-bond acceptors (Lipinski definition) is 4. The van der Waals surface area contributed by atoms with Gasteiger partial charge in [-0.25, -0.2) is 9.97 Å². The van der Waals surface area contributed by atoms with E-state index in [2.05, 4.69) is 22.2 Å². The zero-order valence-electron chi connectivity index (χ0n) is 9.07. The van der Waals surface area contributed by atoms with Crippen molar-refractivity contribution >= 4 is 0 Å². The molecule has 1 unspecified atom stereocenters. The number of hydrogen-bond donors (Lipinski definition) is 1. The standard InChI is InChI=1S/C11H17N3O/c1-2-12-5-9-6-13-11(14-7-9)10-3-4-15-8-10/h6-7,10,12H,2-5,8H2,1H3. The summed E-state index contributed by atoms with van der Waals surface area (Å²) in [5.41, 5.74) is 1.14. The Balaban J connectivity index is 1.96. The van der Waals surface area contributed by atoms with Crippen LogP contribution in [-0.2, 0) is 11.3 Å². The summed E-state index contributed by atoms with van der Waals surface area (Å²) in [5.74, 6) is 1.32. The van der Waals surface area contributed by atoms with Gasteiger partial charge in [0.1, 0.15) is 5.82 Å². The molecule has 0 aliphatic carbocycles. The van der Waals surface area contributed by atoms with Gasteiger partial charge in [-0.2, -0.15) is 0 Å². The fourth-order valence-electron chi connectivity index (χ4n) is 1.67. The monoisotopic (exact) mass is 207 g/mol. The van der Waals surface area contributed by atoms with E-state index in [9.17, 15) is 0 Å². The van der Waals surface area contributed by atoms with Crippen LogP contribution in [0.4, 0.5) is 0 Å². The Bertz CT molecular complexity index is 293. The summed E-state index contributed by atoms with van der Waals surface area (Å²) in [7, 11) is 0. The summed E-state index contributed by atoms with van der Waals surface area (Å²) < 4.78 is 5.31. The van der Waals surface area contributed by atoms with Gasteiger partial charge in [0.05, 0.1) is 6.61 Å². The second-order valence-electron chi connectivity index (χ2n) is 3.79. The van der Waals surface area contributed by atoms with Gasteiger partial charge in [0, 0.05) is 37.0 Å². The molecule has 0 amide bonds. The highest BCUT2D eigenvalue weighted by molar-refractivity contribution is 5.07. The van der Waals surface area contributed by atoms with Gasteiger partial charge >= 0.3 is 0 Å². The molecule has 0 radical (unpaired) electrons. The lowest BCUT2D eigenvalue weighted by molar-refractivity contribution is 0.193. The Kier molecular flexibility index (Phi) is 3.64. The maximum atomic E-state index is 5.31. The minimum Gasteiger partial charge on any atom is -0.381 e. The van der Waals surface area contributed by atoms with Crippen molar-refractivity contribution < 1.29 is 4.74 Å². The molecule has 1 N–H and O–H groups in total. The fourth-order valence-corrected chi connectivity index (χ4v) is 1.67. The lowest BCUT2D eigenvalue weighted by Crippen LogP contribution is -2.13. The van der Waals surface area contributed by atoms with Crippen LogP contribution in [0.2, 0.25) is 0 Å². The average molecular weight is 207 g/mol. The molecule has 0 spiro atoms. The molecule has 1 aliphatic heterocycles. The third-order valence-electron chi connectivity index (χ3n) is 2.60. The molecule has 0 aromatic carbocycles. The van der Waals surface area contributed by atoms with E-state index in [1.54, 1.807) is 0 Å².